The fourth-order valence-corrected chi connectivity index (χ4v) is 2.28. The van der Waals surface area contributed by atoms with Gasteiger partial charge in [-0.25, -0.2) is 4.68 Å². The molecule has 1 aromatic carbocycles. The molecule has 0 bridgehead atoms. The van der Waals surface area contributed by atoms with E-state index in [2.05, 4.69) is 17.2 Å². The number of hydrogen-bond acceptors (Lipinski definition) is 4. The van der Waals surface area contributed by atoms with Gasteiger partial charge in [0.25, 0.3) is 0 Å². The molecule has 20 heavy (non-hydrogen) atoms. The first-order valence-electron chi connectivity index (χ1n) is 6.98. The number of para-hydroxylation sites is 1. The van der Waals surface area contributed by atoms with Crippen molar-refractivity contribution in [3.8, 4) is 5.69 Å². The molecule has 2 aromatic rings. The van der Waals surface area contributed by atoms with Crippen molar-refractivity contribution < 1.29 is 4.74 Å². The third-order valence-electron chi connectivity index (χ3n) is 3.73. The van der Waals surface area contributed by atoms with E-state index in [1.807, 2.05) is 44.2 Å². The Hall–Kier alpha value is -1.72. The normalized spacial score (nSPS) is 15.8. The summed E-state index contributed by atoms with van der Waals surface area (Å²) in [7, 11) is 0. The molecule has 2 rings (SSSR count). The van der Waals surface area contributed by atoms with Crippen LogP contribution in [-0.2, 0) is 4.74 Å². The second kappa shape index (κ2) is 6.15. The molecule has 0 amide bonds. The molecule has 0 aliphatic heterocycles. The van der Waals surface area contributed by atoms with E-state index in [1.165, 1.54) is 0 Å². The van der Waals surface area contributed by atoms with E-state index in [1.54, 1.807) is 10.9 Å². The fourth-order valence-electron chi connectivity index (χ4n) is 2.28. The predicted octanol–water partition coefficient (Wildman–Crippen LogP) is 2.47. The SMILES string of the molecule is CCOC(C)(CC)C(N)c1cnnn1-c1ccccc1. The van der Waals surface area contributed by atoms with E-state index in [0.717, 1.165) is 17.8 Å². The molecule has 0 aliphatic carbocycles. The van der Waals surface area contributed by atoms with E-state index in [0.29, 0.717) is 6.61 Å². The monoisotopic (exact) mass is 274 g/mol. The quantitative estimate of drug-likeness (QED) is 0.878. The molecule has 1 heterocycles. The lowest BCUT2D eigenvalue weighted by molar-refractivity contribution is -0.0485. The van der Waals surface area contributed by atoms with Crippen molar-refractivity contribution in [2.45, 2.75) is 38.8 Å². The molecule has 0 saturated carbocycles. The molecule has 5 heteroatoms. The maximum absolute atomic E-state index is 6.43. The van der Waals surface area contributed by atoms with Crippen LogP contribution < -0.4 is 5.73 Å². The Morgan fingerprint density at radius 3 is 2.60 bits per heavy atom. The van der Waals surface area contributed by atoms with E-state index >= 15 is 0 Å². The third kappa shape index (κ3) is 2.73. The van der Waals surface area contributed by atoms with Gasteiger partial charge >= 0.3 is 0 Å². The van der Waals surface area contributed by atoms with Gasteiger partial charge in [-0.2, -0.15) is 0 Å². The summed E-state index contributed by atoms with van der Waals surface area (Å²) in [4.78, 5) is 0. The number of hydrogen-bond donors (Lipinski definition) is 1. The number of rotatable bonds is 6. The highest BCUT2D eigenvalue weighted by molar-refractivity contribution is 5.32. The molecular weight excluding hydrogens is 252 g/mol. The maximum atomic E-state index is 6.43. The van der Waals surface area contributed by atoms with Crippen LogP contribution in [0.5, 0.6) is 0 Å². The number of nitrogens with zero attached hydrogens (tertiary/aromatic N) is 3. The molecule has 0 fully saturated rings. The Bertz CT molecular complexity index is 540. The molecule has 1 aromatic heterocycles. The van der Waals surface area contributed by atoms with Crippen LogP contribution in [-0.4, -0.2) is 27.2 Å². The van der Waals surface area contributed by atoms with Crippen LogP contribution in [0.2, 0.25) is 0 Å². The zero-order valence-corrected chi connectivity index (χ0v) is 12.3. The smallest absolute Gasteiger partial charge is 0.0859 e. The van der Waals surface area contributed by atoms with Crippen molar-refractivity contribution in [3.05, 3.63) is 42.2 Å². The van der Waals surface area contributed by atoms with Crippen LogP contribution in [0.1, 0.15) is 38.9 Å². The molecular formula is C15H22N4O. The number of nitrogens with two attached hydrogens (primary N) is 1. The zero-order chi connectivity index (χ0) is 14.6. The fraction of sp³-hybridized carbons (Fsp3) is 0.467. The first-order valence-corrected chi connectivity index (χ1v) is 6.98. The molecule has 0 spiro atoms. The minimum Gasteiger partial charge on any atom is -0.374 e. The van der Waals surface area contributed by atoms with Gasteiger partial charge in [0.2, 0.25) is 0 Å². The highest BCUT2D eigenvalue weighted by atomic mass is 16.5. The summed E-state index contributed by atoms with van der Waals surface area (Å²) in [5.74, 6) is 0. The van der Waals surface area contributed by atoms with Crippen molar-refractivity contribution in [1.82, 2.24) is 15.0 Å². The van der Waals surface area contributed by atoms with Crippen molar-refractivity contribution in [3.63, 3.8) is 0 Å². The largest absolute Gasteiger partial charge is 0.374 e. The number of ether oxygens (including phenoxy) is 1. The van der Waals surface area contributed by atoms with E-state index in [-0.39, 0.29) is 6.04 Å². The Kier molecular flexibility index (Phi) is 4.52. The maximum Gasteiger partial charge on any atom is 0.0859 e. The minimum atomic E-state index is -0.428. The Morgan fingerprint density at radius 2 is 2.00 bits per heavy atom. The molecule has 2 unspecified atom stereocenters. The lowest BCUT2D eigenvalue weighted by Crippen LogP contribution is -2.41. The Morgan fingerprint density at radius 1 is 1.30 bits per heavy atom. The average Bonchev–Trinajstić information content (AvgIpc) is 2.96. The van der Waals surface area contributed by atoms with Crippen molar-refractivity contribution in [2.24, 2.45) is 5.73 Å². The summed E-state index contributed by atoms with van der Waals surface area (Å²) >= 11 is 0. The molecule has 108 valence electrons. The summed E-state index contributed by atoms with van der Waals surface area (Å²) in [6.07, 6.45) is 2.53. The van der Waals surface area contributed by atoms with Crippen molar-refractivity contribution in [2.75, 3.05) is 6.61 Å². The van der Waals surface area contributed by atoms with E-state index in [4.69, 9.17) is 10.5 Å². The summed E-state index contributed by atoms with van der Waals surface area (Å²) in [6, 6.07) is 9.57. The van der Waals surface area contributed by atoms with Crippen LogP contribution >= 0.6 is 0 Å². The predicted molar refractivity (Wildman–Crippen MR) is 78.6 cm³/mol. The summed E-state index contributed by atoms with van der Waals surface area (Å²) in [5.41, 5.74) is 7.80. The molecule has 2 N–H and O–H groups in total. The van der Waals surface area contributed by atoms with Gasteiger partial charge in [0.15, 0.2) is 0 Å². The molecule has 0 saturated heterocycles. The molecule has 2 atom stereocenters. The zero-order valence-electron chi connectivity index (χ0n) is 12.3. The standard InChI is InChI=1S/C15H22N4O/c1-4-15(3,20-5-2)14(16)13-11-17-18-19(13)12-9-7-6-8-10-12/h6-11,14H,4-5,16H2,1-3H3. The average molecular weight is 274 g/mol. The summed E-state index contributed by atoms with van der Waals surface area (Å²) in [5, 5.41) is 8.15. The van der Waals surface area contributed by atoms with Gasteiger partial charge in [-0.05, 0) is 32.4 Å². The van der Waals surface area contributed by atoms with Crippen molar-refractivity contribution in [1.29, 1.82) is 0 Å². The Balaban J connectivity index is 2.37. The van der Waals surface area contributed by atoms with E-state index < -0.39 is 5.60 Å². The van der Waals surface area contributed by atoms with Gasteiger partial charge in [-0.3, -0.25) is 0 Å². The lowest BCUT2D eigenvalue weighted by Gasteiger charge is -2.34. The Labute approximate surface area is 119 Å². The van der Waals surface area contributed by atoms with Gasteiger partial charge in [-0.15, -0.1) is 5.10 Å². The third-order valence-corrected chi connectivity index (χ3v) is 3.73. The van der Waals surface area contributed by atoms with Crippen LogP contribution in [0.25, 0.3) is 5.69 Å². The molecule has 0 radical (unpaired) electrons. The van der Waals surface area contributed by atoms with Gasteiger partial charge in [-0.1, -0.05) is 30.3 Å². The number of benzene rings is 1. The van der Waals surface area contributed by atoms with Gasteiger partial charge in [0.1, 0.15) is 0 Å². The van der Waals surface area contributed by atoms with Gasteiger partial charge in [0.05, 0.1) is 29.2 Å². The van der Waals surface area contributed by atoms with Crippen LogP contribution in [0, 0.1) is 0 Å². The van der Waals surface area contributed by atoms with Crippen LogP contribution in [0.4, 0.5) is 0 Å². The highest BCUT2D eigenvalue weighted by Crippen LogP contribution is 2.30. The van der Waals surface area contributed by atoms with Crippen molar-refractivity contribution >= 4 is 0 Å². The second-order valence-corrected chi connectivity index (χ2v) is 4.98. The topological polar surface area (TPSA) is 66.0 Å². The lowest BCUT2D eigenvalue weighted by atomic mass is 9.91. The summed E-state index contributed by atoms with van der Waals surface area (Å²) in [6.45, 7) is 6.72. The minimum absolute atomic E-state index is 0.289. The van der Waals surface area contributed by atoms with Crippen LogP contribution in [0.15, 0.2) is 36.5 Å². The van der Waals surface area contributed by atoms with E-state index in [9.17, 15) is 0 Å². The first-order chi connectivity index (χ1) is 9.62. The number of aromatic nitrogens is 3. The first kappa shape index (κ1) is 14.7. The molecule has 0 aliphatic rings. The molecule has 5 nitrogen and oxygen atoms in total. The van der Waals surface area contributed by atoms with Gasteiger partial charge in [0, 0.05) is 6.61 Å². The van der Waals surface area contributed by atoms with Gasteiger partial charge < -0.3 is 10.5 Å². The highest BCUT2D eigenvalue weighted by Gasteiger charge is 2.34. The second-order valence-electron chi connectivity index (χ2n) is 4.98. The summed E-state index contributed by atoms with van der Waals surface area (Å²) < 4.78 is 7.64. The van der Waals surface area contributed by atoms with Crippen LogP contribution in [0.3, 0.4) is 0 Å².